The van der Waals surface area contributed by atoms with Gasteiger partial charge in [0.25, 0.3) is 6.43 Å². The SMILES string of the molecule is C=C/C(OC)=C(\C=C\c1ccc2nc(NC(C)C(/C=C\C(C)N(N)C=N)=C/C)nc(NC3(C(F)F)CC3)c2n1)SC.CC. The molecule has 0 radical (unpaired) electrons. The van der Waals surface area contributed by atoms with Crippen LogP contribution in [0.1, 0.15) is 53.2 Å². The summed E-state index contributed by atoms with van der Waals surface area (Å²) in [6.45, 7) is 13.5. The second-order valence-electron chi connectivity index (χ2n) is 9.59. The van der Waals surface area contributed by atoms with Crippen LogP contribution in [0.3, 0.4) is 0 Å². The van der Waals surface area contributed by atoms with Gasteiger partial charge in [-0.15, -0.1) is 11.8 Å². The standard InChI is InChI=1S/C29H38F2N8OS.C2H6/c1-7-20(10-9-18(3)39(33)17-32)19(4)34-28-36-22-13-11-21(12-14-24(41-6)23(8-2)40-5)35-25(22)26(37-28)38-29(15-16-29)27(30)31;1-2/h7-14,17-19,27,32H,2,15-16,33H2,1,3-6H3,(H2,34,36,37,38);1-2H3/b10-9-,14-12+,20-7+,24-23-,32-17?;. The predicted molar refractivity (Wildman–Crippen MR) is 177 cm³/mol. The Morgan fingerprint density at radius 3 is 2.44 bits per heavy atom. The monoisotopic (exact) mass is 614 g/mol. The Kier molecular flexibility index (Phi) is 13.8. The molecule has 0 aromatic carbocycles. The number of halogens is 2. The van der Waals surface area contributed by atoms with Crippen molar-refractivity contribution in [1.29, 1.82) is 5.41 Å². The van der Waals surface area contributed by atoms with E-state index in [1.807, 2.05) is 77.3 Å². The molecule has 9 nitrogen and oxygen atoms in total. The average Bonchev–Trinajstić information content (AvgIpc) is 3.81. The number of hydrogen-bond acceptors (Lipinski definition) is 9. The maximum absolute atomic E-state index is 13.9. The fraction of sp³-hybridized carbons (Fsp3) is 0.419. The van der Waals surface area contributed by atoms with E-state index in [0.29, 0.717) is 35.3 Å². The number of rotatable bonds is 15. The summed E-state index contributed by atoms with van der Waals surface area (Å²) in [6, 6.07) is 3.22. The zero-order valence-corrected chi connectivity index (χ0v) is 26.8. The summed E-state index contributed by atoms with van der Waals surface area (Å²) < 4.78 is 33.2. The maximum Gasteiger partial charge on any atom is 0.261 e. The lowest BCUT2D eigenvalue weighted by Gasteiger charge is -2.21. The number of nitrogens with two attached hydrogens (primary N) is 1. The Morgan fingerprint density at radius 2 is 1.91 bits per heavy atom. The molecule has 43 heavy (non-hydrogen) atoms. The van der Waals surface area contributed by atoms with Crippen molar-refractivity contribution in [2.75, 3.05) is 24.0 Å². The summed E-state index contributed by atoms with van der Waals surface area (Å²) in [6.07, 6.45) is 12.2. The Labute approximate surface area is 258 Å². The number of hydrogen-bond donors (Lipinski definition) is 4. The molecular weight excluding hydrogens is 570 g/mol. The van der Waals surface area contributed by atoms with Crippen LogP contribution in [0, 0.1) is 5.41 Å². The molecule has 1 aliphatic carbocycles. The molecule has 1 fully saturated rings. The first-order chi connectivity index (χ1) is 20.6. The number of alkyl halides is 2. The minimum absolute atomic E-state index is 0.180. The summed E-state index contributed by atoms with van der Waals surface area (Å²) in [4.78, 5) is 14.8. The van der Waals surface area contributed by atoms with E-state index >= 15 is 0 Å². The number of pyridine rings is 1. The summed E-state index contributed by atoms with van der Waals surface area (Å²) in [5.41, 5.74) is 1.14. The average molecular weight is 615 g/mol. The highest BCUT2D eigenvalue weighted by molar-refractivity contribution is 8.02. The lowest BCUT2D eigenvalue weighted by atomic mass is 10.1. The first kappa shape index (κ1) is 35.4. The van der Waals surface area contributed by atoms with E-state index in [9.17, 15) is 8.78 Å². The highest BCUT2D eigenvalue weighted by Gasteiger charge is 2.51. The number of anilines is 2. The van der Waals surface area contributed by atoms with Crippen LogP contribution in [-0.2, 0) is 4.74 Å². The number of ether oxygens (including phenoxy) is 1. The van der Waals surface area contributed by atoms with E-state index in [1.54, 1.807) is 19.3 Å². The topological polar surface area (TPSA) is 125 Å². The Balaban J connectivity index is 0.00000316. The van der Waals surface area contributed by atoms with Crippen molar-refractivity contribution in [1.82, 2.24) is 20.0 Å². The lowest BCUT2D eigenvalue weighted by Crippen LogP contribution is -2.36. The van der Waals surface area contributed by atoms with Crippen molar-refractivity contribution in [3.05, 3.63) is 71.0 Å². The molecule has 3 rings (SSSR count). The Hall–Kier alpha value is -3.77. The molecule has 2 aromatic rings. The van der Waals surface area contributed by atoms with E-state index in [2.05, 4.69) is 27.2 Å². The summed E-state index contributed by atoms with van der Waals surface area (Å²) in [7, 11) is 1.58. The summed E-state index contributed by atoms with van der Waals surface area (Å²) >= 11 is 1.50. The fourth-order valence-electron chi connectivity index (χ4n) is 3.97. The van der Waals surface area contributed by atoms with Crippen LogP contribution in [0.25, 0.3) is 17.1 Å². The van der Waals surface area contributed by atoms with Crippen LogP contribution in [-0.4, -0.2) is 63.7 Å². The van der Waals surface area contributed by atoms with Crippen molar-refractivity contribution in [2.24, 2.45) is 5.84 Å². The van der Waals surface area contributed by atoms with Gasteiger partial charge in [0.1, 0.15) is 11.3 Å². The van der Waals surface area contributed by atoms with Gasteiger partial charge in [-0.1, -0.05) is 38.7 Å². The third-order valence-electron chi connectivity index (χ3n) is 6.78. The lowest BCUT2D eigenvalue weighted by molar-refractivity contribution is 0.114. The number of allylic oxidation sites excluding steroid dienone is 3. The van der Waals surface area contributed by atoms with E-state index in [1.165, 1.54) is 16.8 Å². The third kappa shape index (κ3) is 9.36. The van der Waals surface area contributed by atoms with Crippen molar-refractivity contribution in [3.8, 4) is 0 Å². The van der Waals surface area contributed by atoms with Gasteiger partial charge in [-0.25, -0.2) is 24.6 Å². The third-order valence-corrected chi connectivity index (χ3v) is 7.55. The molecule has 2 heterocycles. The van der Waals surface area contributed by atoms with Crippen LogP contribution in [0.5, 0.6) is 0 Å². The largest absolute Gasteiger partial charge is 0.496 e. The molecule has 2 atom stereocenters. The van der Waals surface area contributed by atoms with Gasteiger partial charge in [0.15, 0.2) is 5.82 Å². The van der Waals surface area contributed by atoms with Crippen LogP contribution in [0.2, 0.25) is 0 Å². The van der Waals surface area contributed by atoms with Crippen LogP contribution < -0.4 is 16.5 Å². The number of methoxy groups -OCH3 is 1. The maximum atomic E-state index is 13.9. The van der Waals surface area contributed by atoms with Gasteiger partial charge in [0.2, 0.25) is 5.95 Å². The van der Waals surface area contributed by atoms with Gasteiger partial charge >= 0.3 is 0 Å². The van der Waals surface area contributed by atoms with Crippen LogP contribution >= 0.6 is 11.8 Å². The Morgan fingerprint density at radius 1 is 1.21 bits per heavy atom. The fourth-order valence-corrected chi connectivity index (χ4v) is 4.55. The van der Waals surface area contributed by atoms with Crippen molar-refractivity contribution in [3.63, 3.8) is 0 Å². The molecule has 0 spiro atoms. The molecule has 5 N–H and O–H groups in total. The summed E-state index contributed by atoms with van der Waals surface area (Å²) in [5, 5.41) is 14.9. The number of nitrogens with one attached hydrogen (secondary N) is 3. The molecule has 1 saturated carbocycles. The molecule has 2 unspecified atom stereocenters. The van der Waals surface area contributed by atoms with E-state index in [0.717, 1.165) is 16.8 Å². The predicted octanol–water partition coefficient (Wildman–Crippen LogP) is 7.15. The van der Waals surface area contributed by atoms with E-state index < -0.39 is 12.0 Å². The normalized spacial score (nSPS) is 16.3. The number of nitrogens with zero attached hydrogens (tertiary/aromatic N) is 4. The minimum atomic E-state index is -2.55. The number of fused-ring (bicyclic) bond motifs is 1. The number of thioether (sulfide) groups is 1. The Bertz CT molecular complexity index is 1370. The molecule has 1 aliphatic rings. The second-order valence-corrected chi connectivity index (χ2v) is 10.4. The van der Waals surface area contributed by atoms with Gasteiger partial charge < -0.3 is 15.4 Å². The molecular formula is C31H44F2N8OS. The van der Waals surface area contributed by atoms with Gasteiger partial charge in [0, 0.05) is 4.91 Å². The minimum Gasteiger partial charge on any atom is -0.496 e. The van der Waals surface area contributed by atoms with E-state index in [4.69, 9.17) is 21.0 Å². The quantitative estimate of drug-likeness (QED) is 0.0413. The molecule has 234 valence electrons. The molecule has 2 aromatic heterocycles. The smallest absolute Gasteiger partial charge is 0.261 e. The van der Waals surface area contributed by atoms with Gasteiger partial charge in [-0.3, -0.25) is 10.4 Å². The highest BCUT2D eigenvalue weighted by atomic mass is 32.2. The van der Waals surface area contributed by atoms with Crippen molar-refractivity contribution in [2.45, 2.75) is 71.5 Å². The zero-order valence-electron chi connectivity index (χ0n) is 26.0. The van der Waals surface area contributed by atoms with Gasteiger partial charge in [-0.2, -0.15) is 4.98 Å². The number of aromatic nitrogens is 3. The molecule has 0 amide bonds. The van der Waals surface area contributed by atoms with Crippen LogP contribution in [0.15, 0.2) is 65.3 Å². The molecule has 12 heteroatoms. The summed E-state index contributed by atoms with van der Waals surface area (Å²) in [5.74, 6) is 6.94. The molecule has 0 bridgehead atoms. The van der Waals surface area contributed by atoms with Crippen molar-refractivity contribution < 1.29 is 13.5 Å². The first-order valence-electron chi connectivity index (χ1n) is 14.1. The van der Waals surface area contributed by atoms with E-state index in [-0.39, 0.29) is 23.8 Å². The second kappa shape index (κ2) is 16.8. The van der Waals surface area contributed by atoms with Gasteiger partial charge in [0.05, 0.1) is 42.3 Å². The van der Waals surface area contributed by atoms with Crippen LogP contribution in [0.4, 0.5) is 20.5 Å². The molecule has 0 saturated heterocycles. The molecule has 0 aliphatic heterocycles. The van der Waals surface area contributed by atoms with Gasteiger partial charge in [-0.05, 0) is 75.8 Å². The highest BCUT2D eigenvalue weighted by Crippen LogP contribution is 2.44. The number of hydrazine groups is 1. The zero-order chi connectivity index (χ0) is 32.2. The van der Waals surface area contributed by atoms with Crippen molar-refractivity contribution >= 4 is 47.0 Å². The first-order valence-corrected chi connectivity index (χ1v) is 15.4.